The third-order valence-corrected chi connectivity index (χ3v) is 2.51. The van der Waals surface area contributed by atoms with Crippen LogP contribution >= 0.6 is 0 Å². The van der Waals surface area contributed by atoms with Gasteiger partial charge in [-0.3, -0.25) is 14.9 Å². The van der Waals surface area contributed by atoms with Gasteiger partial charge in [0.2, 0.25) is 0 Å². The standard InChI is InChI=1S/C11H11N3O3/c1-3-9-12-10-7(11(15)13-9)4-6(2)5-8(10)14(16)17/h4-5H,3H2,1-2H3,(H,12,13,15). The van der Waals surface area contributed by atoms with Crippen LogP contribution in [0.25, 0.3) is 10.9 Å². The molecule has 1 heterocycles. The van der Waals surface area contributed by atoms with Gasteiger partial charge in [-0.1, -0.05) is 6.92 Å². The van der Waals surface area contributed by atoms with Crippen LogP contribution in [0.1, 0.15) is 18.3 Å². The van der Waals surface area contributed by atoms with E-state index in [1.807, 2.05) is 6.92 Å². The van der Waals surface area contributed by atoms with Crippen LogP contribution in [0.2, 0.25) is 0 Å². The summed E-state index contributed by atoms with van der Waals surface area (Å²) in [6.07, 6.45) is 0.524. The number of nitrogens with one attached hydrogen (secondary N) is 1. The largest absolute Gasteiger partial charge is 0.310 e. The Labute approximate surface area is 96.5 Å². The first kappa shape index (κ1) is 11.3. The summed E-state index contributed by atoms with van der Waals surface area (Å²) < 4.78 is 0. The summed E-state index contributed by atoms with van der Waals surface area (Å²) in [5, 5.41) is 11.2. The van der Waals surface area contributed by atoms with Crippen molar-refractivity contribution in [2.24, 2.45) is 0 Å². The summed E-state index contributed by atoms with van der Waals surface area (Å²) in [7, 11) is 0. The van der Waals surface area contributed by atoms with E-state index in [-0.39, 0.29) is 22.1 Å². The van der Waals surface area contributed by atoms with Crippen molar-refractivity contribution in [1.29, 1.82) is 0 Å². The number of aryl methyl sites for hydroxylation is 2. The number of nitro benzene ring substituents is 1. The fourth-order valence-electron chi connectivity index (χ4n) is 1.72. The molecule has 0 unspecified atom stereocenters. The van der Waals surface area contributed by atoms with Gasteiger partial charge in [0.25, 0.3) is 11.2 Å². The van der Waals surface area contributed by atoms with Crippen LogP contribution in [0.5, 0.6) is 0 Å². The lowest BCUT2D eigenvalue weighted by molar-refractivity contribution is -0.383. The number of nitrogens with zero attached hydrogens (tertiary/aromatic N) is 2. The maximum absolute atomic E-state index is 11.8. The number of non-ortho nitro benzene ring substituents is 1. The van der Waals surface area contributed by atoms with Gasteiger partial charge in [0.15, 0.2) is 5.52 Å². The number of fused-ring (bicyclic) bond motifs is 1. The molecule has 2 rings (SSSR count). The van der Waals surface area contributed by atoms with E-state index < -0.39 is 4.92 Å². The molecule has 17 heavy (non-hydrogen) atoms. The monoisotopic (exact) mass is 233 g/mol. The van der Waals surface area contributed by atoms with E-state index in [1.165, 1.54) is 6.07 Å². The molecule has 0 aliphatic heterocycles. The number of benzene rings is 1. The third kappa shape index (κ3) is 1.89. The minimum Gasteiger partial charge on any atom is -0.310 e. The number of nitro groups is 1. The summed E-state index contributed by atoms with van der Waals surface area (Å²) in [6, 6.07) is 3.03. The fourth-order valence-corrected chi connectivity index (χ4v) is 1.72. The second kappa shape index (κ2) is 3.97. The summed E-state index contributed by atoms with van der Waals surface area (Å²) in [6.45, 7) is 3.53. The first-order chi connectivity index (χ1) is 8.02. The van der Waals surface area contributed by atoms with Crippen molar-refractivity contribution >= 4 is 16.6 Å². The predicted molar refractivity (Wildman–Crippen MR) is 63.1 cm³/mol. The van der Waals surface area contributed by atoms with Crippen molar-refractivity contribution in [3.8, 4) is 0 Å². The number of hydrogen-bond acceptors (Lipinski definition) is 4. The molecule has 1 N–H and O–H groups in total. The minimum absolute atomic E-state index is 0.124. The summed E-state index contributed by atoms with van der Waals surface area (Å²) in [5.41, 5.74) is 0.362. The maximum Gasteiger partial charge on any atom is 0.295 e. The summed E-state index contributed by atoms with van der Waals surface area (Å²) >= 11 is 0. The molecule has 6 nitrogen and oxygen atoms in total. The average Bonchev–Trinajstić information content (AvgIpc) is 2.28. The lowest BCUT2D eigenvalue weighted by Gasteiger charge is -2.02. The zero-order chi connectivity index (χ0) is 12.6. The van der Waals surface area contributed by atoms with Crippen LogP contribution in [-0.2, 0) is 6.42 Å². The Bertz CT molecular complexity index is 661. The molecule has 0 bridgehead atoms. The van der Waals surface area contributed by atoms with Gasteiger partial charge in [0.05, 0.1) is 10.3 Å². The summed E-state index contributed by atoms with van der Waals surface area (Å²) in [5.74, 6) is 0.453. The Morgan fingerprint density at radius 2 is 2.18 bits per heavy atom. The highest BCUT2D eigenvalue weighted by Gasteiger charge is 2.16. The van der Waals surface area contributed by atoms with E-state index >= 15 is 0 Å². The zero-order valence-electron chi connectivity index (χ0n) is 9.48. The predicted octanol–water partition coefficient (Wildman–Crippen LogP) is 1.70. The quantitative estimate of drug-likeness (QED) is 0.631. The highest BCUT2D eigenvalue weighted by Crippen LogP contribution is 2.23. The van der Waals surface area contributed by atoms with Gasteiger partial charge in [-0.05, 0) is 18.6 Å². The number of H-pyrrole nitrogens is 1. The molecule has 0 amide bonds. The smallest absolute Gasteiger partial charge is 0.295 e. The molecular weight excluding hydrogens is 222 g/mol. The molecule has 0 spiro atoms. The Kier molecular flexibility index (Phi) is 2.63. The van der Waals surface area contributed by atoms with Crippen LogP contribution in [0.15, 0.2) is 16.9 Å². The lowest BCUT2D eigenvalue weighted by Crippen LogP contribution is -2.12. The number of aromatic amines is 1. The van der Waals surface area contributed by atoms with Crippen LogP contribution < -0.4 is 5.56 Å². The van der Waals surface area contributed by atoms with Crippen LogP contribution in [-0.4, -0.2) is 14.9 Å². The first-order valence-electron chi connectivity index (χ1n) is 5.21. The van der Waals surface area contributed by atoms with E-state index in [4.69, 9.17) is 0 Å². The minimum atomic E-state index is -0.513. The molecular formula is C11H11N3O3. The molecule has 0 aliphatic carbocycles. The van der Waals surface area contributed by atoms with E-state index in [0.29, 0.717) is 17.8 Å². The van der Waals surface area contributed by atoms with Crippen molar-refractivity contribution in [3.63, 3.8) is 0 Å². The number of aromatic nitrogens is 2. The van der Waals surface area contributed by atoms with Crippen LogP contribution in [0.4, 0.5) is 5.69 Å². The van der Waals surface area contributed by atoms with Gasteiger partial charge in [0.1, 0.15) is 5.82 Å². The van der Waals surface area contributed by atoms with E-state index in [2.05, 4.69) is 9.97 Å². The van der Waals surface area contributed by atoms with Gasteiger partial charge in [0, 0.05) is 12.5 Å². The van der Waals surface area contributed by atoms with Crippen molar-refractivity contribution in [2.75, 3.05) is 0 Å². The Morgan fingerprint density at radius 3 is 2.76 bits per heavy atom. The summed E-state index contributed by atoms with van der Waals surface area (Å²) in [4.78, 5) is 28.9. The third-order valence-electron chi connectivity index (χ3n) is 2.51. The van der Waals surface area contributed by atoms with Crippen molar-refractivity contribution in [3.05, 3.63) is 44.0 Å². The maximum atomic E-state index is 11.8. The van der Waals surface area contributed by atoms with Gasteiger partial charge in [-0.25, -0.2) is 4.98 Å². The molecule has 1 aromatic carbocycles. The molecule has 1 aromatic heterocycles. The van der Waals surface area contributed by atoms with Gasteiger partial charge < -0.3 is 4.98 Å². The highest BCUT2D eigenvalue weighted by molar-refractivity contribution is 5.87. The molecule has 6 heteroatoms. The van der Waals surface area contributed by atoms with Crippen LogP contribution in [0.3, 0.4) is 0 Å². The molecule has 0 radical (unpaired) electrons. The normalized spacial score (nSPS) is 10.7. The molecule has 88 valence electrons. The topological polar surface area (TPSA) is 88.9 Å². The average molecular weight is 233 g/mol. The Hall–Kier alpha value is -2.24. The Morgan fingerprint density at radius 1 is 1.47 bits per heavy atom. The lowest BCUT2D eigenvalue weighted by atomic mass is 10.1. The van der Waals surface area contributed by atoms with Crippen molar-refractivity contribution in [2.45, 2.75) is 20.3 Å². The Balaban J connectivity index is 2.95. The first-order valence-corrected chi connectivity index (χ1v) is 5.21. The molecule has 0 fully saturated rings. The SMILES string of the molecule is CCc1nc2c([N+](=O)[O-])cc(C)cc2c(=O)[nH]1. The fraction of sp³-hybridized carbons (Fsp3) is 0.273. The van der Waals surface area contributed by atoms with Gasteiger partial charge in [-0.15, -0.1) is 0 Å². The van der Waals surface area contributed by atoms with E-state index in [0.717, 1.165) is 0 Å². The molecule has 0 saturated heterocycles. The highest BCUT2D eigenvalue weighted by atomic mass is 16.6. The number of hydrogen-bond donors (Lipinski definition) is 1. The molecule has 0 saturated carbocycles. The van der Waals surface area contributed by atoms with Crippen molar-refractivity contribution < 1.29 is 4.92 Å². The molecule has 0 aliphatic rings. The van der Waals surface area contributed by atoms with E-state index in [1.54, 1.807) is 13.0 Å². The number of rotatable bonds is 2. The van der Waals surface area contributed by atoms with Gasteiger partial charge >= 0.3 is 0 Å². The molecule has 0 atom stereocenters. The van der Waals surface area contributed by atoms with Gasteiger partial charge in [-0.2, -0.15) is 0 Å². The zero-order valence-corrected chi connectivity index (χ0v) is 9.48. The van der Waals surface area contributed by atoms with Crippen molar-refractivity contribution in [1.82, 2.24) is 9.97 Å². The second-order valence-electron chi connectivity index (χ2n) is 3.80. The molecule has 2 aromatic rings. The second-order valence-corrected chi connectivity index (χ2v) is 3.80. The van der Waals surface area contributed by atoms with Crippen LogP contribution in [0, 0.1) is 17.0 Å². The van der Waals surface area contributed by atoms with E-state index in [9.17, 15) is 14.9 Å².